The van der Waals surface area contributed by atoms with E-state index in [4.69, 9.17) is 0 Å². The first-order chi connectivity index (χ1) is 16.1. The van der Waals surface area contributed by atoms with E-state index in [1.807, 2.05) is 39.6 Å². The lowest BCUT2D eigenvalue weighted by Crippen LogP contribution is -2.29. The van der Waals surface area contributed by atoms with E-state index in [2.05, 4.69) is 22.1 Å². The van der Waals surface area contributed by atoms with Crippen molar-refractivity contribution in [1.29, 1.82) is 0 Å². The Morgan fingerprint density at radius 1 is 1.12 bits per heavy atom. The van der Waals surface area contributed by atoms with Gasteiger partial charge in [0, 0.05) is 31.1 Å². The van der Waals surface area contributed by atoms with Crippen LogP contribution in [0.3, 0.4) is 0 Å². The zero-order valence-corrected chi connectivity index (χ0v) is 20.0. The number of aromatic nitrogens is 4. The van der Waals surface area contributed by atoms with Gasteiger partial charge in [0.25, 0.3) is 5.56 Å². The average Bonchev–Trinajstić information content (AvgIpc) is 3.56. The minimum Gasteiger partial charge on any atom is -0.342 e. The van der Waals surface area contributed by atoms with Crippen LogP contribution in [0, 0.1) is 0 Å². The maximum Gasteiger partial charge on any atom is 0.268 e. The Morgan fingerprint density at radius 2 is 1.91 bits per heavy atom. The number of nitrogens with zero attached hydrogens (tertiary/aromatic N) is 6. The number of carbonyl (C=O) groups is 1. The number of amides is 1. The van der Waals surface area contributed by atoms with Gasteiger partial charge in [-0.25, -0.2) is 8.97 Å². The number of thioether (sulfide) groups is 1. The molecule has 1 saturated heterocycles. The Kier molecular flexibility index (Phi) is 5.23. The van der Waals surface area contributed by atoms with E-state index >= 15 is 0 Å². The first-order valence-electron chi connectivity index (χ1n) is 11.2. The summed E-state index contributed by atoms with van der Waals surface area (Å²) in [5, 5.41) is 10.3. The molecule has 6 rings (SSSR count). The molecule has 1 fully saturated rings. The van der Waals surface area contributed by atoms with Crippen LogP contribution < -0.4 is 5.56 Å². The van der Waals surface area contributed by atoms with Crippen LogP contribution in [0.25, 0.3) is 21.7 Å². The summed E-state index contributed by atoms with van der Waals surface area (Å²) in [4.78, 5) is 32.8. The molecule has 33 heavy (non-hydrogen) atoms. The number of para-hydroxylation sites is 1. The second kappa shape index (κ2) is 8.27. The zero-order valence-electron chi connectivity index (χ0n) is 18.4. The van der Waals surface area contributed by atoms with E-state index in [9.17, 15) is 9.59 Å². The van der Waals surface area contributed by atoms with Gasteiger partial charge in [0.2, 0.25) is 11.7 Å². The fourth-order valence-electron chi connectivity index (χ4n) is 4.77. The lowest BCUT2D eigenvalue weighted by atomic mass is 10.1. The molecule has 0 radical (unpaired) electrons. The largest absolute Gasteiger partial charge is 0.342 e. The molecule has 0 aliphatic carbocycles. The zero-order chi connectivity index (χ0) is 22.5. The summed E-state index contributed by atoms with van der Waals surface area (Å²) in [6.45, 7) is 3.43. The highest BCUT2D eigenvalue weighted by Gasteiger charge is 2.27. The van der Waals surface area contributed by atoms with E-state index < -0.39 is 0 Å². The molecule has 0 unspecified atom stereocenters. The van der Waals surface area contributed by atoms with Crippen LogP contribution >= 0.6 is 23.1 Å². The minimum absolute atomic E-state index is 0.0529. The van der Waals surface area contributed by atoms with Crippen LogP contribution in [0.2, 0.25) is 0 Å². The third-order valence-corrected chi connectivity index (χ3v) is 8.58. The molecule has 170 valence electrons. The molecule has 1 aromatic carbocycles. The standard InChI is InChI=1S/C23H24N6O2S2/c1-26-12-9-16-17(13-26)33-21-19(16)20(31)28(15-7-3-2-4-8-15)22-24-25-23(29(21)22)32-14-18(30)27-10-5-6-11-27/h2-4,7-8H,5-6,9-14H2,1H3. The van der Waals surface area contributed by atoms with Crippen molar-refractivity contribution in [3.63, 3.8) is 0 Å². The van der Waals surface area contributed by atoms with Crippen molar-refractivity contribution < 1.29 is 4.79 Å². The number of hydrogen-bond acceptors (Lipinski definition) is 7. The summed E-state index contributed by atoms with van der Waals surface area (Å²) in [5.41, 5.74) is 1.85. The maximum absolute atomic E-state index is 13.8. The van der Waals surface area contributed by atoms with Gasteiger partial charge < -0.3 is 9.80 Å². The summed E-state index contributed by atoms with van der Waals surface area (Å²) in [5.74, 6) is 0.941. The van der Waals surface area contributed by atoms with Crippen LogP contribution in [-0.2, 0) is 17.8 Å². The molecule has 4 aromatic rings. The first-order valence-corrected chi connectivity index (χ1v) is 13.0. The molecule has 0 atom stereocenters. The van der Waals surface area contributed by atoms with Crippen LogP contribution in [0.15, 0.2) is 40.3 Å². The topological polar surface area (TPSA) is 75.7 Å². The monoisotopic (exact) mass is 480 g/mol. The van der Waals surface area contributed by atoms with Crippen molar-refractivity contribution >= 4 is 45.0 Å². The van der Waals surface area contributed by atoms with Crippen LogP contribution in [0.5, 0.6) is 0 Å². The summed E-state index contributed by atoms with van der Waals surface area (Å²) >= 11 is 3.05. The Morgan fingerprint density at radius 3 is 2.70 bits per heavy atom. The quantitative estimate of drug-likeness (QED) is 0.418. The highest BCUT2D eigenvalue weighted by molar-refractivity contribution is 7.99. The van der Waals surface area contributed by atoms with Gasteiger partial charge in [-0.05, 0) is 44.0 Å². The predicted molar refractivity (Wildman–Crippen MR) is 131 cm³/mol. The predicted octanol–water partition coefficient (Wildman–Crippen LogP) is 2.80. The Labute approximate surface area is 198 Å². The van der Waals surface area contributed by atoms with Gasteiger partial charge in [-0.15, -0.1) is 21.5 Å². The average molecular weight is 481 g/mol. The summed E-state index contributed by atoms with van der Waals surface area (Å²) in [6, 6.07) is 9.60. The maximum atomic E-state index is 13.8. The number of fused-ring (bicyclic) bond motifs is 5. The number of likely N-dealkylation sites (N-methyl/N-ethyl adjacent to an activating group) is 1. The van der Waals surface area contributed by atoms with Gasteiger partial charge in [0.05, 0.1) is 16.8 Å². The van der Waals surface area contributed by atoms with Gasteiger partial charge in [-0.1, -0.05) is 30.0 Å². The van der Waals surface area contributed by atoms with Crippen molar-refractivity contribution in [3.05, 3.63) is 51.1 Å². The summed E-state index contributed by atoms with van der Waals surface area (Å²) in [6.07, 6.45) is 2.99. The summed E-state index contributed by atoms with van der Waals surface area (Å²) < 4.78 is 3.64. The molecular formula is C23H24N6O2S2. The number of likely N-dealkylation sites (tertiary alicyclic amines) is 1. The number of carbonyl (C=O) groups excluding carboxylic acids is 1. The van der Waals surface area contributed by atoms with Gasteiger partial charge in [-0.3, -0.25) is 9.59 Å². The summed E-state index contributed by atoms with van der Waals surface area (Å²) in [7, 11) is 2.11. The highest BCUT2D eigenvalue weighted by Crippen LogP contribution is 2.35. The second-order valence-corrected chi connectivity index (χ2v) is 10.7. The molecule has 1 amide bonds. The molecule has 2 aliphatic rings. The van der Waals surface area contributed by atoms with E-state index in [0.29, 0.717) is 16.7 Å². The lowest BCUT2D eigenvalue weighted by Gasteiger charge is -2.21. The molecular weight excluding hydrogens is 456 g/mol. The van der Waals surface area contributed by atoms with Gasteiger partial charge >= 0.3 is 0 Å². The number of hydrogen-bond donors (Lipinski definition) is 0. The fraction of sp³-hybridized carbons (Fsp3) is 0.391. The van der Waals surface area contributed by atoms with Gasteiger partial charge in [0.15, 0.2) is 5.16 Å². The third-order valence-electron chi connectivity index (χ3n) is 6.46. The van der Waals surface area contributed by atoms with E-state index in [0.717, 1.165) is 66.9 Å². The Hall–Kier alpha value is -2.69. The molecule has 0 N–H and O–H groups in total. The van der Waals surface area contributed by atoms with Crippen LogP contribution in [0.1, 0.15) is 23.3 Å². The smallest absolute Gasteiger partial charge is 0.268 e. The second-order valence-electron chi connectivity index (χ2n) is 8.64. The Bertz CT molecular complexity index is 1420. The van der Waals surface area contributed by atoms with E-state index in [1.54, 1.807) is 15.9 Å². The van der Waals surface area contributed by atoms with Gasteiger partial charge in [-0.2, -0.15) is 0 Å². The van der Waals surface area contributed by atoms with E-state index in [1.165, 1.54) is 16.6 Å². The van der Waals surface area contributed by atoms with Gasteiger partial charge in [0.1, 0.15) is 4.83 Å². The lowest BCUT2D eigenvalue weighted by molar-refractivity contribution is -0.127. The van der Waals surface area contributed by atoms with Crippen molar-refractivity contribution in [2.45, 2.75) is 31.0 Å². The molecule has 8 nitrogen and oxygen atoms in total. The Balaban J connectivity index is 1.54. The molecule has 0 bridgehead atoms. The normalized spacial score (nSPS) is 16.7. The number of thiophene rings is 1. The fourth-order valence-corrected chi connectivity index (χ4v) is 7.08. The van der Waals surface area contributed by atoms with Crippen molar-refractivity contribution in [3.8, 4) is 5.69 Å². The van der Waals surface area contributed by atoms with Crippen molar-refractivity contribution in [1.82, 2.24) is 29.0 Å². The van der Waals surface area contributed by atoms with Crippen LogP contribution in [0.4, 0.5) is 0 Å². The number of rotatable bonds is 4. The molecule has 10 heteroatoms. The minimum atomic E-state index is -0.0529. The first kappa shape index (κ1) is 20.9. The number of benzene rings is 1. The molecule has 5 heterocycles. The molecule has 2 aliphatic heterocycles. The van der Waals surface area contributed by atoms with E-state index in [-0.39, 0.29) is 11.5 Å². The molecule has 3 aromatic heterocycles. The molecule has 0 saturated carbocycles. The van der Waals surface area contributed by atoms with Crippen molar-refractivity contribution in [2.24, 2.45) is 0 Å². The van der Waals surface area contributed by atoms with Crippen molar-refractivity contribution in [2.75, 3.05) is 32.4 Å². The third kappa shape index (κ3) is 3.48. The van der Waals surface area contributed by atoms with Crippen LogP contribution in [-0.4, -0.2) is 67.3 Å². The SMILES string of the molecule is CN1CCc2c(sc3c2c(=O)n(-c2ccccc2)c2nnc(SCC(=O)N4CCCC4)n32)C1. The molecule has 0 spiro atoms. The highest BCUT2D eigenvalue weighted by atomic mass is 32.2.